The van der Waals surface area contributed by atoms with Crippen LogP contribution in [0, 0.1) is 0 Å². The van der Waals surface area contributed by atoms with Gasteiger partial charge in [-0.15, -0.1) is 4.83 Å². The Labute approximate surface area is 178 Å². The highest BCUT2D eigenvalue weighted by molar-refractivity contribution is 8.26. The van der Waals surface area contributed by atoms with Crippen LogP contribution in [0.1, 0.15) is 12.0 Å². The number of thioether (sulfide) groups is 1. The molecular formula is C19H17N3O4S3. The standard InChI is InChI=1S/C19H17N3O4S3/c23-17(20-21-29(25,26)15-9-5-2-6-10-15)11-12-22-18(24)16(28-19(22)27)13-14-7-3-1-4-8-14/h1-10,13,21H,11-12H2,(H,20,23)/b16-13-. The van der Waals surface area contributed by atoms with Crippen molar-refractivity contribution in [3.8, 4) is 0 Å². The van der Waals surface area contributed by atoms with Gasteiger partial charge < -0.3 is 0 Å². The number of carbonyl (C=O) groups excluding carboxylic acids is 2. The van der Waals surface area contributed by atoms with E-state index in [1.807, 2.05) is 35.2 Å². The number of hydrogen-bond acceptors (Lipinski definition) is 6. The predicted octanol–water partition coefficient (Wildman–Crippen LogP) is 2.29. The Hall–Kier alpha value is -2.53. The Balaban J connectivity index is 1.54. The van der Waals surface area contributed by atoms with E-state index in [0.717, 1.165) is 5.56 Å². The third kappa shape index (κ3) is 5.51. The summed E-state index contributed by atoms with van der Waals surface area (Å²) in [7, 11) is -3.86. The molecule has 150 valence electrons. The van der Waals surface area contributed by atoms with Crippen molar-refractivity contribution in [1.82, 2.24) is 15.2 Å². The molecule has 0 bridgehead atoms. The van der Waals surface area contributed by atoms with Crippen LogP contribution in [0.15, 0.2) is 70.5 Å². The molecule has 0 aliphatic carbocycles. The molecule has 2 aromatic carbocycles. The van der Waals surface area contributed by atoms with Crippen LogP contribution in [0.5, 0.6) is 0 Å². The van der Waals surface area contributed by atoms with E-state index in [4.69, 9.17) is 12.2 Å². The van der Waals surface area contributed by atoms with Crippen molar-refractivity contribution in [2.75, 3.05) is 6.54 Å². The van der Waals surface area contributed by atoms with Crippen LogP contribution >= 0.6 is 24.0 Å². The lowest BCUT2D eigenvalue weighted by Crippen LogP contribution is -2.43. The van der Waals surface area contributed by atoms with Gasteiger partial charge in [0.25, 0.3) is 15.9 Å². The van der Waals surface area contributed by atoms with Crippen LogP contribution in [0.4, 0.5) is 0 Å². The van der Waals surface area contributed by atoms with Crippen molar-refractivity contribution in [2.45, 2.75) is 11.3 Å². The first-order valence-corrected chi connectivity index (χ1v) is 11.2. The van der Waals surface area contributed by atoms with E-state index in [2.05, 4.69) is 5.43 Å². The van der Waals surface area contributed by atoms with Gasteiger partial charge in [-0.3, -0.25) is 19.9 Å². The fourth-order valence-corrected chi connectivity index (χ4v) is 4.64. The number of benzene rings is 2. The van der Waals surface area contributed by atoms with E-state index in [1.54, 1.807) is 24.3 Å². The molecule has 10 heteroatoms. The van der Waals surface area contributed by atoms with E-state index >= 15 is 0 Å². The lowest BCUT2D eigenvalue weighted by Gasteiger charge is -2.14. The molecule has 29 heavy (non-hydrogen) atoms. The van der Waals surface area contributed by atoms with Crippen LogP contribution in [0.3, 0.4) is 0 Å². The zero-order valence-electron chi connectivity index (χ0n) is 15.1. The third-order valence-corrected chi connectivity index (χ3v) is 6.55. The molecular weight excluding hydrogens is 430 g/mol. The highest BCUT2D eigenvalue weighted by atomic mass is 32.2. The largest absolute Gasteiger partial charge is 0.292 e. The smallest absolute Gasteiger partial charge is 0.266 e. The number of amides is 2. The van der Waals surface area contributed by atoms with Crippen LogP contribution in [-0.2, 0) is 19.6 Å². The van der Waals surface area contributed by atoms with Gasteiger partial charge in [-0.25, -0.2) is 8.42 Å². The van der Waals surface area contributed by atoms with Crippen molar-refractivity contribution in [3.63, 3.8) is 0 Å². The molecule has 0 unspecified atom stereocenters. The summed E-state index contributed by atoms with van der Waals surface area (Å²) in [4.78, 5) is 28.4. The summed E-state index contributed by atoms with van der Waals surface area (Å²) in [6, 6.07) is 17.0. The summed E-state index contributed by atoms with van der Waals surface area (Å²) in [5, 5.41) is 0. The highest BCUT2D eigenvalue weighted by Gasteiger charge is 2.32. The molecule has 2 N–H and O–H groups in total. The maximum absolute atomic E-state index is 12.5. The number of thiocarbonyl (C=S) groups is 1. The van der Waals surface area contributed by atoms with E-state index in [9.17, 15) is 18.0 Å². The predicted molar refractivity (Wildman–Crippen MR) is 116 cm³/mol. The van der Waals surface area contributed by atoms with E-state index in [1.165, 1.54) is 28.8 Å². The van der Waals surface area contributed by atoms with Crippen molar-refractivity contribution in [3.05, 3.63) is 71.1 Å². The molecule has 0 saturated carbocycles. The molecule has 0 aromatic heterocycles. The number of sulfonamides is 1. The average molecular weight is 448 g/mol. The van der Waals surface area contributed by atoms with Gasteiger partial charge in [-0.05, 0) is 23.8 Å². The van der Waals surface area contributed by atoms with Gasteiger partial charge in [-0.2, -0.15) is 0 Å². The SMILES string of the molecule is O=C(CCN1C(=O)/C(=C/c2ccccc2)SC1=S)NNS(=O)(=O)c1ccccc1. The molecule has 1 heterocycles. The van der Waals surface area contributed by atoms with E-state index in [-0.39, 0.29) is 23.8 Å². The number of hydrogen-bond donors (Lipinski definition) is 2. The number of nitrogens with zero attached hydrogens (tertiary/aromatic N) is 1. The summed E-state index contributed by atoms with van der Waals surface area (Å²) in [5.74, 6) is -0.855. The minimum absolute atomic E-state index is 0.0308. The van der Waals surface area contributed by atoms with Gasteiger partial charge in [0.05, 0.1) is 9.80 Å². The van der Waals surface area contributed by atoms with Crippen molar-refractivity contribution in [2.24, 2.45) is 0 Å². The number of rotatable bonds is 7. The lowest BCUT2D eigenvalue weighted by atomic mass is 10.2. The summed E-state index contributed by atoms with van der Waals surface area (Å²) in [6.07, 6.45) is 1.63. The first kappa shape index (κ1) is 21.2. The first-order chi connectivity index (χ1) is 13.9. The molecule has 7 nitrogen and oxygen atoms in total. The first-order valence-electron chi connectivity index (χ1n) is 8.53. The zero-order valence-corrected chi connectivity index (χ0v) is 17.5. The number of nitrogens with one attached hydrogen (secondary N) is 2. The number of hydrazine groups is 1. The van der Waals surface area contributed by atoms with Crippen LogP contribution in [0.25, 0.3) is 6.08 Å². The van der Waals surface area contributed by atoms with E-state index in [0.29, 0.717) is 9.23 Å². The average Bonchev–Trinajstić information content (AvgIpc) is 2.99. The van der Waals surface area contributed by atoms with Gasteiger partial charge in [0.2, 0.25) is 5.91 Å². The Bertz CT molecular complexity index is 1050. The summed E-state index contributed by atoms with van der Waals surface area (Å²) in [5.41, 5.74) is 3.02. The maximum atomic E-state index is 12.5. The van der Waals surface area contributed by atoms with Gasteiger partial charge in [0.1, 0.15) is 4.32 Å². The topological polar surface area (TPSA) is 95.6 Å². The third-order valence-electron chi connectivity index (χ3n) is 3.91. The minimum Gasteiger partial charge on any atom is -0.292 e. The molecule has 1 saturated heterocycles. The van der Waals surface area contributed by atoms with E-state index < -0.39 is 15.9 Å². The molecule has 3 rings (SSSR count). The summed E-state index contributed by atoms with van der Waals surface area (Å²) >= 11 is 6.40. The molecule has 0 spiro atoms. The second kappa shape index (κ2) is 9.31. The minimum atomic E-state index is -3.86. The van der Waals surface area contributed by atoms with Gasteiger partial charge in [0, 0.05) is 13.0 Å². The molecule has 0 radical (unpaired) electrons. The molecule has 1 aliphatic heterocycles. The molecule has 1 aliphatic rings. The Morgan fingerprint density at radius 2 is 1.69 bits per heavy atom. The summed E-state index contributed by atoms with van der Waals surface area (Å²) in [6.45, 7) is 0.0513. The van der Waals surface area contributed by atoms with Gasteiger partial charge in [0.15, 0.2) is 0 Å². The van der Waals surface area contributed by atoms with Crippen LogP contribution < -0.4 is 10.3 Å². The fourth-order valence-electron chi connectivity index (χ4n) is 2.45. The van der Waals surface area contributed by atoms with Gasteiger partial charge in [-0.1, -0.05) is 72.5 Å². The van der Waals surface area contributed by atoms with Crippen LogP contribution in [-0.4, -0.2) is 36.0 Å². The van der Waals surface area contributed by atoms with Crippen molar-refractivity contribution >= 4 is 56.2 Å². The zero-order chi connectivity index (χ0) is 20.9. The Kier molecular flexibility index (Phi) is 6.80. The van der Waals surface area contributed by atoms with Crippen molar-refractivity contribution in [1.29, 1.82) is 0 Å². The Morgan fingerprint density at radius 3 is 2.34 bits per heavy atom. The summed E-state index contributed by atoms with van der Waals surface area (Å²) < 4.78 is 24.5. The molecule has 2 amide bonds. The molecule has 2 aromatic rings. The quantitative estimate of drug-likeness (QED) is 0.384. The molecule has 1 fully saturated rings. The monoisotopic (exact) mass is 447 g/mol. The normalized spacial score (nSPS) is 15.7. The second-order valence-electron chi connectivity index (χ2n) is 5.96. The lowest BCUT2D eigenvalue weighted by molar-refractivity contribution is -0.124. The van der Waals surface area contributed by atoms with Crippen LogP contribution in [0.2, 0.25) is 0 Å². The second-order valence-corrected chi connectivity index (χ2v) is 9.32. The highest BCUT2D eigenvalue weighted by Crippen LogP contribution is 2.32. The Morgan fingerprint density at radius 1 is 1.07 bits per heavy atom. The molecule has 0 atom stereocenters. The van der Waals surface area contributed by atoms with Crippen molar-refractivity contribution < 1.29 is 18.0 Å². The number of carbonyl (C=O) groups is 2. The van der Waals surface area contributed by atoms with Gasteiger partial charge >= 0.3 is 0 Å². The fraction of sp³-hybridized carbons (Fsp3) is 0.105. The maximum Gasteiger partial charge on any atom is 0.266 e.